The van der Waals surface area contributed by atoms with Gasteiger partial charge in [0, 0.05) is 23.5 Å². The van der Waals surface area contributed by atoms with E-state index < -0.39 is 10.9 Å². The second-order valence-corrected chi connectivity index (χ2v) is 7.81. The molecule has 1 aromatic carbocycles. The number of rotatable bonds is 6. The molecule has 152 valence electrons. The summed E-state index contributed by atoms with van der Waals surface area (Å²) >= 11 is 0. The van der Waals surface area contributed by atoms with Crippen LogP contribution in [0.4, 0.5) is 23.1 Å². The molecule has 0 aliphatic rings. The van der Waals surface area contributed by atoms with Crippen molar-refractivity contribution in [3.8, 4) is 11.4 Å². The Morgan fingerprint density at radius 1 is 1.00 bits per heavy atom. The molecular weight excluding hydrogens is 390 g/mol. The molecule has 4 N–H and O–H groups in total. The van der Waals surface area contributed by atoms with Crippen LogP contribution in [0.1, 0.15) is 20.8 Å². The summed E-state index contributed by atoms with van der Waals surface area (Å²) in [4.78, 5) is 13.4. The van der Waals surface area contributed by atoms with E-state index >= 15 is 0 Å². The van der Waals surface area contributed by atoms with E-state index in [0.29, 0.717) is 23.1 Å². The SMILES string of the molecule is CC(C)(C)Nc1nc(NNc2ccc(N=[S-](=O)O)cc2)cc(-c2ccccn2)n1. The molecule has 3 aromatic rings. The molecule has 0 saturated carbocycles. The van der Waals surface area contributed by atoms with E-state index in [9.17, 15) is 4.21 Å². The summed E-state index contributed by atoms with van der Waals surface area (Å²) < 4.78 is 23.1. The van der Waals surface area contributed by atoms with Crippen molar-refractivity contribution in [2.24, 2.45) is 4.36 Å². The number of nitrogens with zero attached hydrogens (tertiary/aromatic N) is 4. The van der Waals surface area contributed by atoms with Crippen LogP contribution in [0.25, 0.3) is 11.4 Å². The van der Waals surface area contributed by atoms with Crippen molar-refractivity contribution in [1.29, 1.82) is 0 Å². The van der Waals surface area contributed by atoms with Crippen molar-refractivity contribution in [3.63, 3.8) is 0 Å². The van der Waals surface area contributed by atoms with E-state index in [4.69, 9.17) is 4.55 Å². The fourth-order valence-electron chi connectivity index (χ4n) is 2.38. The summed E-state index contributed by atoms with van der Waals surface area (Å²) in [5, 5.41) is 3.27. The Kier molecular flexibility index (Phi) is 6.25. The number of hydrazine groups is 1. The van der Waals surface area contributed by atoms with Crippen LogP contribution in [-0.2, 0) is 15.1 Å². The Labute approximate surface area is 171 Å². The summed E-state index contributed by atoms with van der Waals surface area (Å²) in [5.74, 6) is 1.03. The lowest BCUT2D eigenvalue weighted by molar-refractivity contribution is 0.529. The van der Waals surface area contributed by atoms with Crippen LogP contribution in [0, 0.1) is 0 Å². The number of aromatic nitrogens is 3. The second kappa shape index (κ2) is 8.84. The third-order valence-corrected chi connectivity index (χ3v) is 3.89. The van der Waals surface area contributed by atoms with Crippen molar-refractivity contribution >= 4 is 34.0 Å². The topological polar surface area (TPSA) is 124 Å². The van der Waals surface area contributed by atoms with Gasteiger partial charge < -0.3 is 18.4 Å². The van der Waals surface area contributed by atoms with Crippen molar-refractivity contribution in [2.45, 2.75) is 26.3 Å². The quantitative estimate of drug-likeness (QED) is 0.266. The summed E-state index contributed by atoms with van der Waals surface area (Å²) in [5.41, 5.74) is 8.43. The van der Waals surface area contributed by atoms with Gasteiger partial charge in [0.05, 0.1) is 17.1 Å². The molecule has 3 rings (SSSR count). The molecule has 2 heterocycles. The van der Waals surface area contributed by atoms with Crippen molar-refractivity contribution in [1.82, 2.24) is 15.0 Å². The van der Waals surface area contributed by atoms with Crippen LogP contribution < -0.4 is 16.2 Å². The third-order valence-electron chi connectivity index (χ3n) is 3.53. The monoisotopic (exact) mass is 412 g/mol. The molecule has 9 nitrogen and oxygen atoms in total. The highest BCUT2D eigenvalue weighted by molar-refractivity contribution is 7.68. The lowest BCUT2D eigenvalue weighted by Gasteiger charge is -2.21. The van der Waals surface area contributed by atoms with Gasteiger partial charge in [-0.2, -0.15) is 4.98 Å². The van der Waals surface area contributed by atoms with Crippen LogP contribution in [0.15, 0.2) is 59.1 Å². The zero-order valence-electron chi connectivity index (χ0n) is 16.2. The van der Waals surface area contributed by atoms with Gasteiger partial charge in [0.25, 0.3) is 0 Å². The molecule has 0 unspecified atom stereocenters. The Balaban J connectivity index is 1.83. The molecule has 0 aliphatic carbocycles. The minimum absolute atomic E-state index is 0.209. The molecule has 10 heteroatoms. The van der Waals surface area contributed by atoms with Gasteiger partial charge in [0.15, 0.2) is 5.82 Å². The number of hydrogen-bond donors (Lipinski definition) is 4. The lowest BCUT2D eigenvalue weighted by Crippen LogP contribution is -2.27. The van der Waals surface area contributed by atoms with Crippen LogP contribution in [-0.4, -0.2) is 25.0 Å². The summed E-state index contributed by atoms with van der Waals surface area (Å²) in [7, 11) is -2.23. The maximum absolute atomic E-state index is 10.7. The Morgan fingerprint density at radius 2 is 1.76 bits per heavy atom. The van der Waals surface area contributed by atoms with E-state index in [0.717, 1.165) is 11.4 Å². The predicted octanol–water partition coefficient (Wildman–Crippen LogP) is 4.44. The van der Waals surface area contributed by atoms with Gasteiger partial charge in [-0.15, -0.1) is 0 Å². The van der Waals surface area contributed by atoms with Gasteiger partial charge in [-0.1, -0.05) is 16.9 Å². The number of pyridine rings is 1. The van der Waals surface area contributed by atoms with E-state index in [1.165, 1.54) is 0 Å². The molecule has 0 amide bonds. The molecule has 0 aliphatic heterocycles. The predicted molar refractivity (Wildman–Crippen MR) is 115 cm³/mol. The normalized spacial score (nSPS) is 12.4. The minimum atomic E-state index is -2.23. The highest BCUT2D eigenvalue weighted by atomic mass is 32.2. The lowest BCUT2D eigenvalue weighted by atomic mass is 10.1. The summed E-state index contributed by atoms with van der Waals surface area (Å²) in [6.07, 6.45) is 1.71. The number of nitrogens with one attached hydrogen (secondary N) is 3. The molecule has 0 bridgehead atoms. The molecule has 2 aromatic heterocycles. The summed E-state index contributed by atoms with van der Waals surface area (Å²) in [6.45, 7) is 6.09. The van der Waals surface area contributed by atoms with E-state index in [-0.39, 0.29) is 5.54 Å². The smallest absolute Gasteiger partial charge is 0.225 e. The summed E-state index contributed by atoms with van der Waals surface area (Å²) in [6, 6.07) is 14.1. The van der Waals surface area contributed by atoms with E-state index in [1.54, 1.807) is 36.5 Å². The van der Waals surface area contributed by atoms with Gasteiger partial charge >= 0.3 is 0 Å². The first kappa shape index (κ1) is 20.5. The highest BCUT2D eigenvalue weighted by Gasteiger charge is 2.14. The molecular formula is C19H22N7O2S-. The van der Waals surface area contributed by atoms with Gasteiger partial charge in [0.1, 0.15) is 0 Å². The van der Waals surface area contributed by atoms with Crippen molar-refractivity contribution in [2.75, 3.05) is 16.2 Å². The van der Waals surface area contributed by atoms with Gasteiger partial charge in [-0.25, -0.2) is 4.98 Å². The van der Waals surface area contributed by atoms with Crippen LogP contribution >= 0.6 is 0 Å². The fourth-order valence-corrected chi connectivity index (χ4v) is 2.68. The first-order chi connectivity index (χ1) is 13.8. The molecule has 29 heavy (non-hydrogen) atoms. The van der Waals surface area contributed by atoms with Crippen LogP contribution in [0.5, 0.6) is 0 Å². The zero-order valence-corrected chi connectivity index (χ0v) is 17.1. The van der Waals surface area contributed by atoms with Crippen LogP contribution in [0.3, 0.4) is 0 Å². The first-order valence-electron chi connectivity index (χ1n) is 8.82. The average Bonchev–Trinajstić information content (AvgIpc) is 2.66. The van der Waals surface area contributed by atoms with Crippen molar-refractivity contribution in [3.05, 3.63) is 54.7 Å². The molecule has 0 spiro atoms. The largest absolute Gasteiger partial charge is 0.454 e. The average molecular weight is 412 g/mol. The molecule has 0 saturated heterocycles. The van der Waals surface area contributed by atoms with Gasteiger partial charge in [-0.05, 0) is 57.2 Å². The molecule has 0 radical (unpaired) electrons. The number of hydrogen-bond acceptors (Lipinski definition) is 9. The molecule has 0 atom stereocenters. The maximum atomic E-state index is 10.7. The zero-order chi connectivity index (χ0) is 20.9. The number of benzene rings is 1. The Morgan fingerprint density at radius 3 is 2.38 bits per heavy atom. The fraction of sp³-hybridized carbons (Fsp3) is 0.211. The minimum Gasteiger partial charge on any atom is -0.454 e. The third kappa shape index (κ3) is 6.40. The Bertz CT molecular complexity index is 1040. The Hall–Kier alpha value is -3.24. The highest BCUT2D eigenvalue weighted by Crippen LogP contribution is 2.22. The van der Waals surface area contributed by atoms with Gasteiger partial charge in [0.2, 0.25) is 5.95 Å². The standard InChI is InChI=1S/C19H22N7O2S/c1-19(2,3)23-18-21-16(15-6-4-5-11-20-15)12-17(22-18)25-24-13-7-9-14(10-8-13)26-29(27)28/h4-12,24H,1-3H3,(H,26,27,28)(H2,21,22,23,25)/q-1. The van der Waals surface area contributed by atoms with Crippen LogP contribution in [0.2, 0.25) is 0 Å². The van der Waals surface area contributed by atoms with Gasteiger partial charge in [-0.3, -0.25) is 15.8 Å². The second-order valence-electron chi connectivity index (χ2n) is 7.17. The van der Waals surface area contributed by atoms with Crippen molar-refractivity contribution < 1.29 is 8.76 Å². The van der Waals surface area contributed by atoms with E-state index in [1.807, 2.05) is 39.0 Å². The maximum Gasteiger partial charge on any atom is 0.225 e. The number of anilines is 3. The van der Waals surface area contributed by atoms with E-state index in [2.05, 4.69) is 35.5 Å². The molecule has 0 fully saturated rings. The first-order valence-corrected chi connectivity index (χ1v) is 9.88.